The Bertz CT molecular complexity index is 1150. The van der Waals surface area contributed by atoms with Gasteiger partial charge in [-0.05, 0) is 48.0 Å². The molecule has 0 aliphatic carbocycles. The zero-order chi connectivity index (χ0) is 25.0. The van der Waals surface area contributed by atoms with Crippen LogP contribution in [0.3, 0.4) is 0 Å². The Kier molecular flexibility index (Phi) is 9.27. The Balaban J connectivity index is 1.77. The molecule has 3 rings (SSSR count). The first-order valence-corrected chi connectivity index (χ1v) is 11.2. The largest absolute Gasteiger partial charge is 0.491 e. The van der Waals surface area contributed by atoms with Crippen LogP contribution in [0.5, 0.6) is 5.75 Å². The Hall–Kier alpha value is -4.30. The fourth-order valence-corrected chi connectivity index (χ4v) is 3.33. The summed E-state index contributed by atoms with van der Waals surface area (Å²) in [6.45, 7) is 1.86. The van der Waals surface area contributed by atoms with Crippen molar-refractivity contribution in [2.75, 3.05) is 29.6 Å². The molecule has 0 bridgehead atoms. The molecule has 2 amide bonds. The van der Waals surface area contributed by atoms with E-state index in [-0.39, 0.29) is 25.0 Å². The number of para-hydroxylation sites is 3. The molecule has 0 aromatic heterocycles. The Morgan fingerprint density at radius 1 is 1.00 bits per heavy atom. The van der Waals surface area contributed by atoms with E-state index in [9.17, 15) is 9.59 Å². The van der Waals surface area contributed by atoms with Crippen molar-refractivity contribution in [3.8, 4) is 5.75 Å². The van der Waals surface area contributed by atoms with Crippen LogP contribution >= 0.6 is 0 Å². The summed E-state index contributed by atoms with van der Waals surface area (Å²) in [4.78, 5) is 25.1. The first-order chi connectivity index (χ1) is 17.0. The Morgan fingerprint density at radius 2 is 1.74 bits per heavy atom. The van der Waals surface area contributed by atoms with Crippen molar-refractivity contribution in [1.82, 2.24) is 0 Å². The molecule has 5 N–H and O–H groups in total. The molecule has 0 radical (unpaired) electrons. The SMILES string of the molecule is C[C@H](/C=C/C(=O)Nc1ccccc1N)[C@@H](OC(=O)Nc1ccccc1)c1cccc(OCCO)c1. The fraction of sp³-hybridized carbons (Fsp3) is 0.185. The van der Waals surface area contributed by atoms with E-state index in [1.165, 1.54) is 6.08 Å². The van der Waals surface area contributed by atoms with E-state index >= 15 is 0 Å². The number of ether oxygens (including phenoxy) is 2. The topological polar surface area (TPSA) is 123 Å². The number of hydrogen-bond donors (Lipinski definition) is 4. The van der Waals surface area contributed by atoms with Crippen LogP contribution in [0, 0.1) is 5.92 Å². The number of amides is 2. The van der Waals surface area contributed by atoms with Crippen LogP contribution in [0.1, 0.15) is 18.6 Å². The van der Waals surface area contributed by atoms with Crippen LogP contribution in [0.2, 0.25) is 0 Å². The number of carbonyl (C=O) groups excluding carboxylic acids is 2. The lowest BCUT2D eigenvalue weighted by molar-refractivity contribution is -0.111. The molecular formula is C27H29N3O5. The number of nitrogen functional groups attached to an aromatic ring is 1. The first kappa shape index (κ1) is 25.3. The van der Waals surface area contributed by atoms with Gasteiger partial charge in [-0.2, -0.15) is 0 Å². The normalized spacial score (nSPS) is 12.5. The minimum atomic E-state index is -0.720. The highest BCUT2D eigenvalue weighted by atomic mass is 16.6. The molecule has 0 heterocycles. The second-order valence-corrected chi connectivity index (χ2v) is 7.76. The predicted octanol–water partition coefficient (Wildman–Crippen LogP) is 4.76. The third kappa shape index (κ3) is 7.90. The zero-order valence-corrected chi connectivity index (χ0v) is 19.4. The van der Waals surface area contributed by atoms with Gasteiger partial charge in [-0.15, -0.1) is 0 Å². The van der Waals surface area contributed by atoms with Gasteiger partial charge in [0.25, 0.3) is 0 Å². The smallest absolute Gasteiger partial charge is 0.412 e. The highest BCUT2D eigenvalue weighted by Crippen LogP contribution is 2.30. The number of benzene rings is 3. The number of hydrogen-bond acceptors (Lipinski definition) is 6. The molecule has 182 valence electrons. The van der Waals surface area contributed by atoms with Crippen LogP contribution in [-0.4, -0.2) is 30.3 Å². The Morgan fingerprint density at radius 3 is 2.49 bits per heavy atom. The number of anilines is 3. The van der Waals surface area contributed by atoms with Gasteiger partial charge in [0.2, 0.25) is 5.91 Å². The quantitative estimate of drug-likeness (QED) is 0.248. The van der Waals surface area contributed by atoms with Crippen LogP contribution in [-0.2, 0) is 9.53 Å². The van der Waals surface area contributed by atoms with E-state index in [1.54, 1.807) is 78.9 Å². The van der Waals surface area contributed by atoms with Crippen molar-refractivity contribution in [2.24, 2.45) is 5.92 Å². The molecule has 0 aliphatic rings. The van der Waals surface area contributed by atoms with Crippen molar-refractivity contribution in [2.45, 2.75) is 13.0 Å². The van der Waals surface area contributed by atoms with Gasteiger partial charge < -0.3 is 25.6 Å². The molecule has 3 aromatic rings. The van der Waals surface area contributed by atoms with Crippen LogP contribution in [0.25, 0.3) is 0 Å². The molecule has 0 aliphatic heterocycles. The van der Waals surface area contributed by atoms with Gasteiger partial charge in [0.05, 0.1) is 18.0 Å². The van der Waals surface area contributed by atoms with E-state index < -0.39 is 12.2 Å². The Labute approximate surface area is 204 Å². The first-order valence-electron chi connectivity index (χ1n) is 11.2. The predicted molar refractivity (Wildman–Crippen MR) is 136 cm³/mol. The molecular weight excluding hydrogens is 446 g/mol. The van der Waals surface area contributed by atoms with Crippen molar-refractivity contribution in [1.29, 1.82) is 0 Å². The van der Waals surface area contributed by atoms with Gasteiger partial charge in [-0.3, -0.25) is 10.1 Å². The number of rotatable bonds is 10. The molecule has 0 saturated heterocycles. The maximum absolute atomic E-state index is 12.7. The molecule has 3 aromatic carbocycles. The maximum Gasteiger partial charge on any atom is 0.412 e. The van der Waals surface area contributed by atoms with Gasteiger partial charge in [0, 0.05) is 11.6 Å². The molecule has 0 spiro atoms. The lowest BCUT2D eigenvalue weighted by Crippen LogP contribution is -2.21. The number of carbonyl (C=O) groups is 2. The highest BCUT2D eigenvalue weighted by Gasteiger charge is 2.23. The summed E-state index contributed by atoms with van der Waals surface area (Å²) in [6.07, 6.45) is 1.69. The van der Waals surface area contributed by atoms with E-state index in [0.717, 1.165) is 0 Å². The van der Waals surface area contributed by atoms with Gasteiger partial charge in [0.1, 0.15) is 18.5 Å². The van der Waals surface area contributed by atoms with Crippen LogP contribution in [0.4, 0.5) is 21.9 Å². The third-order valence-corrected chi connectivity index (χ3v) is 5.05. The summed E-state index contributed by atoms with van der Waals surface area (Å²) >= 11 is 0. The molecule has 8 nitrogen and oxygen atoms in total. The van der Waals surface area contributed by atoms with Crippen LogP contribution in [0.15, 0.2) is 91.0 Å². The second-order valence-electron chi connectivity index (χ2n) is 7.76. The molecule has 2 atom stereocenters. The summed E-state index contributed by atoms with van der Waals surface area (Å²) in [6, 6.07) is 23.0. The lowest BCUT2D eigenvalue weighted by Gasteiger charge is -2.23. The highest BCUT2D eigenvalue weighted by molar-refractivity contribution is 6.01. The molecule has 0 saturated carbocycles. The average Bonchev–Trinajstić information content (AvgIpc) is 2.87. The standard InChI is InChI=1S/C27H29N3O5/c1-19(14-15-25(32)30-24-13-6-5-12-23(24)28)26(20-8-7-11-22(18-20)34-17-16-31)35-27(33)29-21-9-3-2-4-10-21/h2-15,18-19,26,31H,16-17,28H2,1H3,(H,29,33)(H,30,32)/b15-14+/t19-,26-/m1/s1. The summed E-state index contributed by atoms with van der Waals surface area (Å²) < 4.78 is 11.3. The zero-order valence-electron chi connectivity index (χ0n) is 19.4. The van der Waals surface area contributed by atoms with Crippen molar-refractivity contribution in [3.05, 3.63) is 96.6 Å². The number of nitrogens with one attached hydrogen (secondary N) is 2. The van der Waals surface area contributed by atoms with Crippen molar-refractivity contribution < 1.29 is 24.2 Å². The molecule has 8 heteroatoms. The minimum absolute atomic E-state index is 0.121. The summed E-state index contributed by atoms with van der Waals surface area (Å²) in [7, 11) is 0. The van der Waals surface area contributed by atoms with Crippen LogP contribution < -0.4 is 21.1 Å². The van der Waals surface area contributed by atoms with E-state index in [2.05, 4.69) is 10.6 Å². The monoisotopic (exact) mass is 475 g/mol. The third-order valence-electron chi connectivity index (χ3n) is 5.05. The summed E-state index contributed by atoms with van der Waals surface area (Å²) in [5.41, 5.74) is 8.13. The van der Waals surface area contributed by atoms with E-state index in [0.29, 0.717) is 28.4 Å². The number of aliphatic hydroxyl groups excluding tert-OH is 1. The van der Waals surface area contributed by atoms with E-state index in [4.69, 9.17) is 20.3 Å². The average molecular weight is 476 g/mol. The minimum Gasteiger partial charge on any atom is -0.491 e. The number of nitrogens with two attached hydrogens (primary N) is 1. The molecule has 35 heavy (non-hydrogen) atoms. The lowest BCUT2D eigenvalue weighted by atomic mass is 9.96. The van der Waals surface area contributed by atoms with Crippen molar-refractivity contribution >= 4 is 29.1 Å². The fourth-order valence-electron chi connectivity index (χ4n) is 3.33. The summed E-state index contributed by atoms with van der Waals surface area (Å²) in [5, 5.41) is 14.5. The second kappa shape index (κ2) is 12.8. The van der Waals surface area contributed by atoms with E-state index in [1.807, 2.05) is 13.0 Å². The number of aliphatic hydroxyl groups is 1. The van der Waals surface area contributed by atoms with Gasteiger partial charge in [-0.1, -0.05) is 55.5 Å². The molecule has 0 unspecified atom stereocenters. The molecule has 0 fully saturated rings. The maximum atomic E-state index is 12.7. The van der Waals surface area contributed by atoms with Gasteiger partial charge >= 0.3 is 6.09 Å². The van der Waals surface area contributed by atoms with Gasteiger partial charge in [0.15, 0.2) is 0 Å². The summed E-state index contributed by atoms with van der Waals surface area (Å²) in [5.74, 6) is -0.201. The van der Waals surface area contributed by atoms with Crippen molar-refractivity contribution in [3.63, 3.8) is 0 Å². The van der Waals surface area contributed by atoms with Gasteiger partial charge in [-0.25, -0.2) is 4.79 Å².